The Labute approximate surface area is 282 Å². The summed E-state index contributed by atoms with van der Waals surface area (Å²) < 4.78 is 21.5. The van der Waals surface area contributed by atoms with E-state index in [1.54, 1.807) is 14.0 Å². The predicted molar refractivity (Wildman–Crippen MR) is 183 cm³/mol. The van der Waals surface area contributed by atoms with Crippen molar-refractivity contribution in [1.82, 2.24) is 34.2 Å². The molecule has 0 spiro atoms. The Morgan fingerprint density at radius 2 is 1.86 bits per heavy atom. The Morgan fingerprint density at radius 1 is 1.02 bits per heavy atom. The number of carbonyl (C=O) groups is 1. The second kappa shape index (κ2) is 11.4. The lowest BCUT2D eigenvalue weighted by Crippen LogP contribution is -2.41. The van der Waals surface area contributed by atoms with Crippen LogP contribution in [0, 0.1) is 18.8 Å². The highest BCUT2D eigenvalue weighted by atomic mass is 16.5. The van der Waals surface area contributed by atoms with Gasteiger partial charge in [-0.2, -0.15) is 0 Å². The summed E-state index contributed by atoms with van der Waals surface area (Å²) in [5.74, 6) is 4.07. The molecule has 2 N–H and O–H groups in total. The topological polar surface area (TPSA) is 139 Å². The number of pyridine rings is 1. The fourth-order valence-electron chi connectivity index (χ4n) is 7.75. The number of nitrogens with zero attached hydrogens (tertiary/aromatic N) is 7. The van der Waals surface area contributed by atoms with Gasteiger partial charge in [0.15, 0.2) is 12.4 Å². The number of nitrogens with two attached hydrogens (primary N) is 1. The summed E-state index contributed by atoms with van der Waals surface area (Å²) >= 11 is 0. The van der Waals surface area contributed by atoms with Gasteiger partial charge < -0.3 is 33.7 Å². The molecule has 2 aromatic carbocycles. The highest BCUT2D eigenvalue weighted by Crippen LogP contribution is 2.40. The van der Waals surface area contributed by atoms with Gasteiger partial charge in [-0.25, -0.2) is 9.97 Å². The molecule has 2 bridgehead atoms. The van der Waals surface area contributed by atoms with Crippen LogP contribution in [0.4, 0.5) is 0 Å². The number of hydrogen-bond acceptors (Lipinski definition) is 9. The standard InChI is InChI=1S/C37H38N8O4/c1-20-41-42-32(49-20)19-48-26-10-6-22(7-11-26)27-12-8-23-15-30(44(35(23)39-27)17-21-4-5-21)36-40-28-14-25(16-31(47-3)34(28)43(36)2)37(46)45-18-24-9-13-29(45)33(24)38/h6-8,10-12,14-16,21,24,29,33H,4-5,9,13,17-19,38H2,1-3H3. The number of fused-ring (bicyclic) bond motifs is 4. The van der Waals surface area contributed by atoms with Crippen molar-refractivity contribution >= 4 is 28.0 Å². The fraction of sp³-hybridized carbons (Fsp3) is 0.378. The molecule has 2 saturated carbocycles. The Bertz CT molecular complexity index is 2230. The first-order valence-corrected chi connectivity index (χ1v) is 17.0. The van der Waals surface area contributed by atoms with Crippen molar-refractivity contribution in [3.05, 3.63) is 71.9 Å². The fourth-order valence-corrected chi connectivity index (χ4v) is 7.75. The quantitative estimate of drug-likeness (QED) is 0.213. The number of aryl methyl sites for hydroxylation is 2. The molecule has 250 valence electrons. The van der Waals surface area contributed by atoms with E-state index >= 15 is 0 Å². The first-order valence-electron chi connectivity index (χ1n) is 17.0. The van der Waals surface area contributed by atoms with Gasteiger partial charge in [0.05, 0.1) is 24.0 Å². The Morgan fingerprint density at radius 3 is 2.55 bits per heavy atom. The van der Waals surface area contributed by atoms with Crippen LogP contribution in [0.15, 0.2) is 59.0 Å². The Balaban J connectivity index is 1.06. The molecule has 1 amide bonds. The van der Waals surface area contributed by atoms with Gasteiger partial charge in [-0.1, -0.05) is 0 Å². The monoisotopic (exact) mass is 658 g/mol. The third kappa shape index (κ3) is 5.13. The minimum Gasteiger partial charge on any atom is -0.494 e. The molecular weight excluding hydrogens is 620 g/mol. The SMILES string of the molecule is COc1cc(C(=O)N2CC3CCC2C3N)cc2nc(-c3cc4ccc(-c5ccc(OCc6nnc(C)o6)cc5)nc4n3CC3CC3)n(C)c12. The van der Waals surface area contributed by atoms with Crippen LogP contribution in [0.2, 0.25) is 0 Å². The maximum atomic E-state index is 13.8. The molecular formula is C37H38N8O4. The third-order valence-corrected chi connectivity index (χ3v) is 10.5. The molecule has 4 aromatic heterocycles. The van der Waals surface area contributed by atoms with Crippen molar-refractivity contribution < 1.29 is 18.7 Å². The Hall–Kier alpha value is -5.23. The summed E-state index contributed by atoms with van der Waals surface area (Å²) in [4.78, 5) is 26.1. The lowest BCUT2D eigenvalue weighted by atomic mass is 10.1. The lowest BCUT2D eigenvalue weighted by molar-refractivity contribution is 0.0700. The maximum Gasteiger partial charge on any atom is 0.254 e. The number of ether oxygens (including phenoxy) is 2. The van der Waals surface area contributed by atoms with Crippen molar-refractivity contribution in [3.8, 4) is 34.3 Å². The number of piperidine rings is 1. The van der Waals surface area contributed by atoms with E-state index in [4.69, 9.17) is 29.6 Å². The molecule has 3 atom stereocenters. The number of methoxy groups -OCH3 is 1. The van der Waals surface area contributed by atoms with E-state index in [2.05, 4.69) is 37.5 Å². The van der Waals surface area contributed by atoms with Crippen LogP contribution in [0.5, 0.6) is 11.5 Å². The van der Waals surface area contributed by atoms with Crippen molar-refractivity contribution in [3.63, 3.8) is 0 Å². The number of carbonyl (C=O) groups excluding carboxylic acids is 1. The molecule has 12 nitrogen and oxygen atoms in total. The van der Waals surface area contributed by atoms with Gasteiger partial charge in [0, 0.05) is 55.7 Å². The molecule has 5 heterocycles. The van der Waals surface area contributed by atoms with Gasteiger partial charge in [-0.05, 0) is 92.1 Å². The van der Waals surface area contributed by atoms with Crippen molar-refractivity contribution in [2.45, 2.75) is 57.8 Å². The van der Waals surface area contributed by atoms with Crippen molar-refractivity contribution in [2.24, 2.45) is 24.6 Å². The molecule has 49 heavy (non-hydrogen) atoms. The second-order valence-electron chi connectivity index (χ2n) is 13.7. The molecule has 2 aliphatic carbocycles. The zero-order valence-corrected chi connectivity index (χ0v) is 27.8. The van der Waals surface area contributed by atoms with Crippen molar-refractivity contribution in [2.75, 3.05) is 13.7 Å². The summed E-state index contributed by atoms with van der Waals surface area (Å²) in [6, 6.07) is 18.1. The molecule has 9 rings (SSSR count). The average Bonchev–Trinajstić information content (AvgIpc) is 3.34. The molecule has 1 aliphatic heterocycles. The zero-order valence-electron chi connectivity index (χ0n) is 27.8. The maximum absolute atomic E-state index is 13.8. The molecule has 3 unspecified atom stereocenters. The molecule has 3 aliphatic rings. The lowest BCUT2D eigenvalue weighted by Gasteiger charge is -2.27. The van der Waals surface area contributed by atoms with Crippen LogP contribution < -0.4 is 15.2 Å². The number of aromatic nitrogens is 6. The van der Waals surface area contributed by atoms with Gasteiger partial charge in [0.2, 0.25) is 5.89 Å². The Kier molecular flexibility index (Phi) is 6.97. The average molecular weight is 659 g/mol. The summed E-state index contributed by atoms with van der Waals surface area (Å²) in [5.41, 5.74) is 12.4. The number of likely N-dealkylation sites (tertiary alicyclic amines) is 1. The van der Waals surface area contributed by atoms with Crippen LogP contribution in [0.3, 0.4) is 0 Å². The van der Waals surface area contributed by atoms with Gasteiger partial charge >= 0.3 is 0 Å². The number of benzene rings is 2. The van der Waals surface area contributed by atoms with Gasteiger partial charge in [0.25, 0.3) is 11.8 Å². The first-order chi connectivity index (χ1) is 23.8. The van der Waals surface area contributed by atoms with Crippen LogP contribution in [-0.4, -0.2) is 65.8 Å². The molecule has 6 aromatic rings. The second-order valence-corrected chi connectivity index (χ2v) is 13.7. The largest absolute Gasteiger partial charge is 0.494 e. The smallest absolute Gasteiger partial charge is 0.254 e. The minimum absolute atomic E-state index is 0.00357. The predicted octanol–water partition coefficient (Wildman–Crippen LogP) is 5.51. The highest BCUT2D eigenvalue weighted by molar-refractivity contribution is 6.00. The number of hydrogen-bond donors (Lipinski definition) is 1. The van der Waals surface area contributed by atoms with E-state index in [0.717, 1.165) is 64.2 Å². The molecule has 0 radical (unpaired) electrons. The normalized spacial score (nSPS) is 20.2. The zero-order chi connectivity index (χ0) is 33.4. The summed E-state index contributed by atoms with van der Waals surface area (Å²) in [6.45, 7) is 3.54. The van der Waals surface area contributed by atoms with E-state index in [1.807, 2.05) is 48.3 Å². The van der Waals surface area contributed by atoms with E-state index < -0.39 is 0 Å². The van der Waals surface area contributed by atoms with E-state index in [-0.39, 0.29) is 24.6 Å². The van der Waals surface area contributed by atoms with Gasteiger partial charge in [-0.3, -0.25) is 4.79 Å². The number of imidazole rings is 1. The number of rotatable bonds is 9. The molecule has 1 saturated heterocycles. The van der Waals surface area contributed by atoms with Crippen LogP contribution in [0.25, 0.3) is 44.8 Å². The van der Waals surface area contributed by atoms with E-state index in [1.165, 1.54) is 12.8 Å². The van der Waals surface area contributed by atoms with Crippen LogP contribution in [-0.2, 0) is 20.2 Å². The van der Waals surface area contributed by atoms with Crippen molar-refractivity contribution in [1.29, 1.82) is 0 Å². The van der Waals surface area contributed by atoms with E-state index in [9.17, 15) is 4.79 Å². The number of amides is 1. The van der Waals surface area contributed by atoms with Crippen LogP contribution in [0.1, 0.15) is 47.8 Å². The van der Waals surface area contributed by atoms with E-state index in [0.29, 0.717) is 47.2 Å². The molecule has 12 heteroatoms. The minimum atomic E-state index is -0.00357. The van der Waals surface area contributed by atoms with Gasteiger partial charge in [0.1, 0.15) is 22.7 Å². The first kappa shape index (κ1) is 29.9. The summed E-state index contributed by atoms with van der Waals surface area (Å²) in [6.07, 6.45) is 4.46. The van der Waals surface area contributed by atoms with Crippen LogP contribution >= 0.6 is 0 Å². The summed E-state index contributed by atoms with van der Waals surface area (Å²) in [7, 11) is 3.65. The third-order valence-electron chi connectivity index (χ3n) is 10.5. The molecule has 3 fully saturated rings. The van der Waals surface area contributed by atoms with Gasteiger partial charge in [-0.15, -0.1) is 10.2 Å². The summed E-state index contributed by atoms with van der Waals surface area (Å²) in [5, 5.41) is 8.88. The highest BCUT2D eigenvalue weighted by Gasteiger charge is 2.47.